The fourth-order valence-corrected chi connectivity index (χ4v) is 2.04. The van der Waals surface area contributed by atoms with Gasteiger partial charge in [0, 0.05) is 26.8 Å². The normalized spacial score (nSPS) is 10.4. The molecule has 1 aromatic heterocycles. The number of anilines is 1. The predicted molar refractivity (Wildman–Crippen MR) is 76.9 cm³/mol. The Balaban J connectivity index is 1.98. The Morgan fingerprint density at radius 1 is 1.32 bits per heavy atom. The van der Waals surface area contributed by atoms with E-state index in [1.54, 1.807) is 21.7 Å². The van der Waals surface area contributed by atoms with Crippen molar-refractivity contribution in [2.75, 3.05) is 19.3 Å². The second-order valence-electron chi connectivity index (χ2n) is 4.73. The first-order valence-electron chi connectivity index (χ1n) is 6.29. The zero-order chi connectivity index (χ0) is 13.8. The Bertz CT molecular complexity index is 560. The van der Waals surface area contributed by atoms with Gasteiger partial charge in [-0.2, -0.15) is 0 Å². The number of hydrogen-bond acceptors (Lipinski definition) is 2. The zero-order valence-electron chi connectivity index (χ0n) is 11.3. The number of nitrogens with zero attached hydrogens (tertiary/aromatic N) is 2. The number of hydrogen-bond donors (Lipinski definition) is 1. The third-order valence-electron chi connectivity index (χ3n) is 3.17. The van der Waals surface area contributed by atoms with Crippen LogP contribution in [-0.2, 0) is 13.5 Å². The van der Waals surface area contributed by atoms with Crippen LogP contribution in [0.25, 0.3) is 0 Å². The topological polar surface area (TPSA) is 51.3 Å². The number of likely N-dealkylation sites (N-methyl/N-ethyl adjacent to an activating group) is 1. The lowest BCUT2D eigenvalue weighted by Gasteiger charge is -2.17. The molecule has 4 heteroatoms. The van der Waals surface area contributed by atoms with Gasteiger partial charge in [-0.15, -0.1) is 0 Å². The van der Waals surface area contributed by atoms with E-state index in [0.29, 0.717) is 17.9 Å². The lowest BCUT2D eigenvalue weighted by Crippen LogP contribution is -2.30. The highest BCUT2D eigenvalue weighted by Gasteiger charge is 2.15. The molecular weight excluding hydrogens is 238 g/mol. The number of aromatic nitrogens is 1. The predicted octanol–water partition coefficient (Wildman–Crippen LogP) is 1.92. The molecule has 1 heterocycles. The molecule has 0 radical (unpaired) electrons. The maximum Gasteiger partial charge on any atom is 0.270 e. The number of carbonyl (C=O) groups excluding carboxylic acids is 1. The summed E-state index contributed by atoms with van der Waals surface area (Å²) in [5, 5.41) is 0. The molecule has 2 rings (SSSR count). The summed E-state index contributed by atoms with van der Waals surface area (Å²) in [6, 6.07) is 11.9. The van der Waals surface area contributed by atoms with Gasteiger partial charge in [-0.05, 0) is 18.1 Å². The van der Waals surface area contributed by atoms with Gasteiger partial charge in [0.15, 0.2) is 0 Å². The molecule has 0 aliphatic rings. The van der Waals surface area contributed by atoms with Gasteiger partial charge in [-0.1, -0.05) is 30.3 Å². The van der Waals surface area contributed by atoms with Crippen LogP contribution in [0.15, 0.2) is 42.6 Å². The fourth-order valence-electron chi connectivity index (χ4n) is 2.04. The molecule has 0 aliphatic heterocycles. The van der Waals surface area contributed by atoms with Crippen LogP contribution < -0.4 is 5.73 Å². The number of nitrogens with two attached hydrogens (primary N) is 1. The Labute approximate surface area is 113 Å². The Morgan fingerprint density at radius 2 is 2.00 bits per heavy atom. The number of rotatable bonds is 4. The van der Waals surface area contributed by atoms with E-state index in [2.05, 4.69) is 12.1 Å². The van der Waals surface area contributed by atoms with E-state index in [1.165, 1.54) is 5.56 Å². The SMILES string of the molecule is CN(CCc1ccccc1)C(=O)c1cc(N)cn1C. The minimum absolute atomic E-state index is 0.00451. The highest BCUT2D eigenvalue weighted by atomic mass is 16.2. The van der Waals surface area contributed by atoms with Gasteiger partial charge >= 0.3 is 0 Å². The number of amides is 1. The molecule has 0 spiro atoms. The smallest absolute Gasteiger partial charge is 0.270 e. The van der Waals surface area contributed by atoms with Crippen molar-refractivity contribution in [3.05, 3.63) is 53.9 Å². The minimum atomic E-state index is -0.00451. The number of carbonyl (C=O) groups is 1. The second-order valence-corrected chi connectivity index (χ2v) is 4.73. The van der Waals surface area contributed by atoms with E-state index in [-0.39, 0.29) is 5.91 Å². The van der Waals surface area contributed by atoms with E-state index >= 15 is 0 Å². The number of aryl methyl sites for hydroxylation is 1. The van der Waals surface area contributed by atoms with Crippen molar-refractivity contribution in [3.63, 3.8) is 0 Å². The Kier molecular flexibility index (Phi) is 3.90. The van der Waals surface area contributed by atoms with Crippen LogP contribution in [-0.4, -0.2) is 29.0 Å². The monoisotopic (exact) mass is 257 g/mol. The fraction of sp³-hybridized carbons (Fsp3) is 0.267. The molecule has 0 atom stereocenters. The molecule has 1 amide bonds. The van der Waals surface area contributed by atoms with Gasteiger partial charge in [-0.3, -0.25) is 4.79 Å². The van der Waals surface area contributed by atoms with Crippen molar-refractivity contribution < 1.29 is 4.79 Å². The van der Waals surface area contributed by atoms with Gasteiger partial charge in [0.05, 0.1) is 5.69 Å². The summed E-state index contributed by atoms with van der Waals surface area (Å²) in [6.45, 7) is 0.688. The molecule has 2 aromatic rings. The van der Waals surface area contributed by atoms with Gasteiger partial charge in [-0.25, -0.2) is 0 Å². The first-order chi connectivity index (χ1) is 9.08. The summed E-state index contributed by atoms with van der Waals surface area (Å²) < 4.78 is 1.76. The summed E-state index contributed by atoms with van der Waals surface area (Å²) in [7, 11) is 3.64. The molecular formula is C15H19N3O. The maximum absolute atomic E-state index is 12.2. The minimum Gasteiger partial charge on any atom is -0.397 e. The van der Waals surface area contributed by atoms with Crippen LogP contribution in [0.3, 0.4) is 0 Å². The van der Waals surface area contributed by atoms with Crippen LogP contribution in [0, 0.1) is 0 Å². The Morgan fingerprint density at radius 3 is 2.58 bits per heavy atom. The van der Waals surface area contributed by atoms with Crippen molar-refractivity contribution in [1.82, 2.24) is 9.47 Å². The van der Waals surface area contributed by atoms with E-state index in [4.69, 9.17) is 5.73 Å². The van der Waals surface area contributed by atoms with E-state index < -0.39 is 0 Å². The first-order valence-corrected chi connectivity index (χ1v) is 6.29. The van der Waals surface area contributed by atoms with Gasteiger partial charge < -0.3 is 15.2 Å². The van der Waals surface area contributed by atoms with Crippen molar-refractivity contribution in [1.29, 1.82) is 0 Å². The molecule has 2 N–H and O–H groups in total. The van der Waals surface area contributed by atoms with E-state index in [9.17, 15) is 4.79 Å². The summed E-state index contributed by atoms with van der Waals surface area (Å²) in [6.07, 6.45) is 2.60. The standard InChI is InChI=1S/C15H19N3O/c1-17(9-8-12-6-4-3-5-7-12)15(19)14-10-13(16)11-18(14)2/h3-7,10-11H,8-9,16H2,1-2H3. The largest absolute Gasteiger partial charge is 0.397 e. The second kappa shape index (κ2) is 5.61. The van der Waals surface area contributed by atoms with Crippen LogP contribution in [0.1, 0.15) is 16.1 Å². The molecule has 0 aliphatic carbocycles. The molecule has 0 saturated heterocycles. The number of nitrogen functional groups attached to an aromatic ring is 1. The lowest BCUT2D eigenvalue weighted by molar-refractivity contribution is 0.0787. The van der Waals surface area contributed by atoms with Crippen molar-refractivity contribution in [3.8, 4) is 0 Å². The quantitative estimate of drug-likeness (QED) is 0.909. The average molecular weight is 257 g/mol. The maximum atomic E-state index is 12.2. The third kappa shape index (κ3) is 3.16. The van der Waals surface area contributed by atoms with Gasteiger partial charge in [0.1, 0.15) is 5.69 Å². The summed E-state index contributed by atoms with van der Waals surface area (Å²) >= 11 is 0. The molecule has 0 saturated carbocycles. The molecule has 100 valence electrons. The first kappa shape index (κ1) is 13.2. The highest BCUT2D eigenvalue weighted by Crippen LogP contribution is 2.11. The summed E-state index contributed by atoms with van der Waals surface area (Å²) in [4.78, 5) is 14.0. The third-order valence-corrected chi connectivity index (χ3v) is 3.17. The molecule has 0 unspecified atom stereocenters. The summed E-state index contributed by atoms with van der Waals surface area (Å²) in [5.41, 5.74) is 8.15. The molecule has 0 bridgehead atoms. The van der Waals surface area contributed by atoms with Gasteiger partial charge in [0.25, 0.3) is 5.91 Å². The van der Waals surface area contributed by atoms with Gasteiger partial charge in [0.2, 0.25) is 0 Å². The molecule has 4 nitrogen and oxygen atoms in total. The van der Waals surface area contributed by atoms with Crippen LogP contribution >= 0.6 is 0 Å². The lowest BCUT2D eigenvalue weighted by atomic mass is 10.1. The van der Waals surface area contributed by atoms with E-state index in [0.717, 1.165) is 6.42 Å². The zero-order valence-corrected chi connectivity index (χ0v) is 11.3. The molecule has 0 fully saturated rings. The van der Waals surface area contributed by atoms with Crippen LogP contribution in [0.5, 0.6) is 0 Å². The summed E-state index contributed by atoms with van der Waals surface area (Å²) in [5.74, 6) is -0.00451. The van der Waals surface area contributed by atoms with Crippen molar-refractivity contribution in [2.24, 2.45) is 7.05 Å². The molecule has 19 heavy (non-hydrogen) atoms. The van der Waals surface area contributed by atoms with Crippen molar-refractivity contribution >= 4 is 11.6 Å². The highest BCUT2D eigenvalue weighted by molar-refractivity contribution is 5.93. The van der Waals surface area contributed by atoms with Crippen molar-refractivity contribution in [2.45, 2.75) is 6.42 Å². The average Bonchev–Trinajstić information content (AvgIpc) is 2.75. The number of benzene rings is 1. The van der Waals surface area contributed by atoms with Crippen LogP contribution in [0.2, 0.25) is 0 Å². The Hall–Kier alpha value is -2.23. The molecule has 1 aromatic carbocycles. The van der Waals surface area contributed by atoms with Crippen LogP contribution in [0.4, 0.5) is 5.69 Å². The van der Waals surface area contributed by atoms with E-state index in [1.807, 2.05) is 32.3 Å².